The molecule has 2 heterocycles. The van der Waals surface area contributed by atoms with Crippen LogP contribution in [0.3, 0.4) is 0 Å². The van der Waals surface area contributed by atoms with Gasteiger partial charge >= 0.3 is 5.97 Å². The molecule has 2 N–H and O–H groups in total. The summed E-state index contributed by atoms with van der Waals surface area (Å²) in [4.78, 5) is 27.2. The summed E-state index contributed by atoms with van der Waals surface area (Å²) in [7, 11) is 0. The Balaban J connectivity index is 1.66. The molecule has 0 atom stereocenters. The quantitative estimate of drug-likeness (QED) is 0.726. The highest BCUT2D eigenvalue weighted by atomic mass is 32.1. The van der Waals surface area contributed by atoms with E-state index in [1.165, 1.54) is 11.3 Å². The molecular formula is C13H17N3O3S. The fraction of sp³-hybridized carbons (Fsp3) is 0.462. The van der Waals surface area contributed by atoms with Crippen molar-refractivity contribution in [3.05, 3.63) is 23.5 Å². The minimum atomic E-state index is -0.768. The van der Waals surface area contributed by atoms with E-state index < -0.39 is 5.97 Å². The Labute approximate surface area is 120 Å². The lowest BCUT2D eigenvalue weighted by Gasteiger charge is -2.04. The number of amides is 1. The highest BCUT2D eigenvalue weighted by Gasteiger charge is 2.08. The number of aromatic nitrogens is 2. The van der Waals surface area contributed by atoms with E-state index in [2.05, 4.69) is 10.3 Å². The summed E-state index contributed by atoms with van der Waals surface area (Å²) in [6.07, 6.45) is 6.38. The van der Waals surface area contributed by atoms with E-state index in [1.54, 1.807) is 6.20 Å². The molecule has 0 bridgehead atoms. The van der Waals surface area contributed by atoms with Gasteiger partial charge < -0.3 is 10.4 Å². The zero-order valence-corrected chi connectivity index (χ0v) is 11.9. The number of aliphatic carboxylic acids is 1. The molecule has 20 heavy (non-hydrogen) atoms. The molecule has 0 saturated heterocycles. The van der Waals surface area contributed by atoms with Gasteiger partial charge in [-0.2, -0.15) is 0 Å². The molecule has 0 saturated carbocycles. The highest BCUT2D eigenvalue weighted by molar-refractivity contribution is 7.15. The van der Waals surface area contributed by atoms with Gasteiger partial charge in [0.25, 0.3) is 0 Å². The Morgan fingerprint density at radius 1 is 1.35 bits per heavy atom. The average Bonchev–Trinajstić information content (AvgIpc) is 2.98. The van der Waals surface area contributed by atoms with Crippen molar-refractivity contribution in [3.8, 4) is 0 Å². The molecule has 0 aliphatic carbocycles. The number of imidazole rings is 1. The van der Waals surface area contributed by atoms with E-state index in [1.807, 2.05) is 16.0 Å². The maximum Gasteiger partial charge on any atom is 0.303 e. The number of nitrogens with zero attached hydrogens (tertiary/aromatic N) is 2. The summed E-state index contributed by atoms with van der Waals surface area (Å²) in [5.41, 5.74) is 0.936. The second kappa shape index (κ2) is 7.04. The number of rotatable bonds is 8. The number of carboxylic acid groups (broad SMARTS) is 1. The zero-order valence-electron chi connectivity index (χ0n) is 11.0. The van der Waals surface area contributed by atoms with Crippen LogP contribution in [-0.2, 0) is 16.0 Å². The largest absolute Gasteiger partial charge is 0.481 e. The van der Waals surface area contributed by atoms with Crippen molar-refractivity contribution in [1.29, 1.82) is 0 Å². The van der Waals surface area contributed by atoms with Crippen molar-refractivity contribution in [2.45, 2.75) is 32.1 Å². The third-order valence-corrected chi connectivity index (χ3v) is 3.85. The van der Waals surface area contributed by atoms with Gasteiger partial charge in [-0.25, -0.2) is 4.98 Å². The van der Waals surface area contributed by atoms with Crippen LogP contribution in [0.1, 0.15) is 31.4 Å². The van der Waals surface area contributed by atoms with Gasteiger partial charge in [-0.15, -0.1) is 11.3 Å². The Morgan fingerprint density at radius 2 is 2.20 bits per heavy atom. The smallest absolute Gasteiger partial charge is 0.303 e. The molecule has 0 radical (unpaired) electrons. The van der Waals surface area contributed by atoms with Gasteiger partial charge in [0.15, 0.2) is 4.96 Å². The van der Waals surface area contributed by atoms with E-state index in [-0.39, 0.29) is 12.3 Å². The standard InChI is InChI=1S/C13H17N3O3S/c17-11(14-5-3-1-2-4-12(18)19)8-10-9-20-13-15-6-7-16(10)13/h6-7,9H,1-5,8H2,(H,14,17)(H,18,19). The predicted molar refractivity (Wildman–Crippen MR) is 75.9 cm³/mol. The fourth-order valence-corrected chi connectivity index (χ4v) is 2.78. The number of carbonyl (C=O) groups is 2. The lowest BCUT2D eigenvalue weighted by Crippen LogP contribution is -2.26. The van der Waals surface area contributed by atoms with Crippen LogP contribution in [0.4, 0.5) is 0 Å². The number of hydrogen-bond acceptors (Lipinski definition) is 4. The molecule has 0 fully saturated rings. The molecule has 1 amide bonds. The number of unbranched alkanes of at least 4 members (excludes halogenated alkanes) is 2. The van der Waals surface area contributed by atoms with E-state index in [4.69, 9.17) is 5.11 Å². The third kappa shape index (κ3) is 4.06. The normalized spacial score (nSPS) is 10.8. The van der Waals surface area contributed by atoms with Crippen molar-refractivity contribution in [2.75, 3.05) is 6.54 Å². The first-order chi connectivity index (χ1) is 9.66. The number of thiazole rings is 1. The van der Waals surface area contributed by atoms with Crippen molar-refractivity contribution < 1.29 is 14.7 Å². The lowest BCUT2D eigenvalue weighted by molar-refractivity contribution is -0.137. The maximum absolute atomic E-state index is 11.8. The average molecular weight is 295 g/mol. The molecule has 0 aromatic carbocycles. The van der Waals surface area contributed by atoms with E-state index in [0.29, 0.717) is 19.4 Å². The Hall–Kier alpha value is -1.89. The third-order valence-electron chi connectivity index (χ3n) is 2.95. The predicted octanol–water partition coefficient (Wildman–Crippen LogP) is 1.70. The summed E-state index contributed by atoms with van der Waals surface area (Å²) >= 11 is 1.52. The van der Waals surface area contributed by atoms with Crippen molar-refractivity contribution >= 4 is 28.2 Å². The molecule has 108 valence electrons. The van der Waals surface area contributed by atoms with Crippen LogP contribution in [0, 0.1) is 0 Å². The molecule has 7 heteroatoms. The first kappa shape index (κ1) is 14.5. The molecule has 2 rings (SSSR count). The molecular weight excluding hydrogens is 278 g/mol. The number of carbonyl (C=O) groups excluding carboxylic acids is 1. The summed E-state index contributed by atoms with van der Waals surface area (Å²) < 4.78 is 1.91. The van der Waals surface area contributed by atoms with Gasteiger partial charge in [-0.05, 0) is 12.8 Å². The fourth-order valence-electron chi connectivity index (χ4n) is 1.93. The second-order valence-corrected chi connectivity index (χ2v) is 5.37. The topological polar surface area (TPSA) is 83.7 Å². The summed E-state index contributed by atoms with van der Waals surface area (Å²) in [6.45, 7) is 0.593. The van der Waals surface area contributed by atoms with Gasteiger partial charge in [0, 0.05) is 36.4 Å². The Kier molecular flexibility index (Phi) is 5.11. The molecule has 2 aromatic heterocycles. The van der Waals surface area contributed by atoms with Gasteiger partial charge in [-0.3, -0.25) is 14.0 Å². The molecule has 2 aromatic rings. The molecule has 0 spiro atoms. The zero-order chi connectivity index (χ0) is 14.4. The van der Waals surface area contributed by atoms with Crippen LogP contribution in [0.25, 0.3) is 4.96 Å². The van der Waals surface area contributed by atoms with Gasteiger partial charge in [0.05, 0.1) is 6.42 Å². The summed E-state index contributed by atoms with van der Waals surface area (Å²) in [6, 6.07) is 0. The van der Waals surface area contributed by atoms with Crippen molar-refractivity contribution in [2.24, 2.45) is 0 Å². The van der Waals surface area contributed by atoms with Crippen LogP contribution in [0.2, 0.25) is 0 Å². The number of nitrogens with one attached hydrogen (secondary N) is 1. The van der Waals surface area contributed by atoms with Crippen LogP contribution >= 0.6 is 11.3 Å². The Morgan fingerprint density at radius 3 is 3.00 bits per heavy atom. The van der Waals surface area contributed by atoms with Crippen molar-refractivity contribution in [1.82, 2.24) is 14.7 Å². The summed E-state index contributed by atoms with van der Waals surface area (Å²) in [5.74, 6) is -0.785. The van der Waals surface area contributed by atoms with Gasteiger partial charge in [0.2, 0.25) is 5.91 Å². The van der Waals surface area contributed by atoms with E-state index in [9.17, 15) is 9.59 Å². The van der Waals surface area contributed by atoms with Crippen LogP contribution in [0.5, 0.6) is 0 Å². The van der Waals surface area contributed by atoms with Crippen LogP contribution in [-0.4, -0.2) is 32.9 Å². The highest BCUT2D eigenvalue weighted by Crippen LogP contribution is 2.14. The first-order valence-corrected chi connectivity index (χ1v) is 7.42. The molecule has 6 nitrogen and oxygen atoms in total. The number of hydrogen-bond donors (Lipinski definition) is 2. The SMILES string of the molecule is O=C(O)CCCCCNC(=O)Cc1csc2nccn12. The minimum absolute atomic E-state index is 0.0170. The second-order valence-electron chi connectivity index (χ2n) is 4.54. The Bertz CT molecular complexity index is 590. The lowest BCUT2D eigenvalue weighted by atomic mass is 10.2. The molecule has 0 aliphatic heterocycles. The maximum atomic E-state index is 11.8. The van der Waals surface area contributed by atoms with Gasteiger partial charge in [0.1, 0.15) is 0 Å². The minimum Gasteiger partial charge on any atom is -0.481 e. The number of fused-ring (bicyclic) bond motifs is 1. The first-order valence-electron chi connectivity index (χ1n) is 6.55. The van der Waals surface area contributed by atoms with Crippen LogP contribution < -0.4 is 5.32 Å². The van der Waals surface area contributed by atoms with E-state index >= 15 is 0 Å². The van der Waals surface area contributed by atoms with Crippen LogP contribution in [0.15, 0.2) is 17.8 Å². The number of carboxylic acids is 1. The molecule has 0 aliphatic rings. The molecule has 0 unspecified atom stereocenters. The van der Waals surface area contributed by atoms with E-state index in [0.717, 1.165) is 23.5 Å². The van der Waals surface area contributed by atoms with Gasteiger partial charge in [-0.1, -0.05) is 6.42 Å². The summed E-state index contributed by atoms with van der Waals surface area (Å²) in [5, 5.41) is 13.3. The monoisotopic (exact) mass is 295 g/mol. The van der Waals surface area contributed by atoms with Crippen molar-refractivity contribution in [3.63, 3.8) is 0 Å².